The van der Waals surface area contributed by atoms with Gasteiger partial charge in [-0.3, -0.25) is 0 Å². The predicted octanol–water partition coefficient (Wildman–Crippen LogP) is 3.01. The number of rotatable bonds is 5. The van der Waals surface area contributed by atoms with Crippen molar-refractivity contribution in [2.24, 2.45) is 5.92 Å². The van der Waals surface area contributed by atoms with Crippen molar-refractivity contribution in [3.63, 3.8) is 0 Å². The number of hydrogen-bond acceptors (Lipinski definition) is 2. The van der Waals surface area contributed by atoms with E-state index in [2.05, 4.69) is 26.1 Å². The van der Waals surface area contributed by atoms with E-state index in [0.29, 0.717) is 12.0 Å². The molecule has 2 unspecified atom stereocenters. The highest BCUT2D eigenvalue weighted by Crippen LogP contribution is 2.17. The van der Waals surface area contributed by atoms with Crippen molar-refractivity contribution >= 4 is 11.6 Å². The van der Waals surface area contributed by atoms with Crippen LogP contribution in [0.5, 0.6) is 0 Å². The second-order valence-electron chi connectivity index (χ2n) is 4.49. The Balaban J connectivity index is 2.70. The lowest BCUT2D eigenvalue weighted by molar-refractivity contribution is 0.225. The maximum Gasteiger partial charge on any atom is 0.0626 e. The summed E-state index contributed by atoms with van der Waals surface area (Å²) in [7, 11) is 0. The molecule has 1 aromatic carbocycles. The van der Waals surface area contributed by atoms with Gasteiger partial charge in [0.15, 0.2) is 0 Å². The Bertz CT molecular complexity index is 310. The van der Waals surface area contributed by atoms with Crippen molar-refractivity contribution in [3.8, 4) is 0 Å². The highest BCUT2D eigenvalue weighted by atomic mass is 35.5. The van der Waals surface area contributed by atoms with Gasteiger partial charge in [0, 0.05) is 11.1 Å². The topological polar surface area (TPSA) is 32.3 Å². The maximum absolute atomic E-state index is 9.38. The molecule has 0 saturated heterocycles. The van der Waals surface area contributed by atoms with Crippen LogP contribution >= 0.6 is 11.6 Å². The number of benzene rings is 1. The van der Waals surface area contributed by atoms with E-state index in [9.17, 15) is 5.11 Å². The van der Waals surface area contributed by atoms with Crippen LogP contribution in [-0.4, -0.2) is 17.8 Å². The summed E-state index contributed by atoms with van der Waals surface area (Å²) in [6.45, 7) is 6.55. The molecule has 2 atom stereocenters. The van der Waals surface area contributed by atoms with E-state index in [1.54, 1.807) is 0 Å². The van der Waals surface area contributed by atoms with E-state index < -0.39 is 0 Å². The second-order valence-corrected chi connectivity index (χ2v) is 4.92. The molecule has 1 aromatic rings. The lowest BCUT2D eigenvalue weighted by Gasteiger charge is -2.24. The van der Waals surface area contributed by atoms with Gasteiger partial charge in [0.05, 0.1) is 12.6 Å². The van der Waals surface area contributed by atoms with Gasteiger partial charge in [-0.05, 0) is 30.5 Å². The van der Waals surface area contributed by atoms with Crippen LogP contribution in [0.1, 0.15) is 32.4 Å². The van der Waals surface area contributed by atoms with Crippen molar-refractivity contribution in [2.75, 3.05) is 6.61 Å². The molecule has 0 spiro atoms. The van der Waals surface area contributed by atoms with Crippen molar-refractivity contribution in [2.45, 2.75) is 32.9 Å². The SMILES string of the molecule is CC(C)C(C)NC(CO)c1ccc(Cl)cc1. The normalized spacial score (nSPS) is 15.1. The lowest BCUT2D eigenvalue weighted by atomic mass is 10.0. The third kappa shape index (κ3) is 3.78. The Morgan fingerprint density at radius 3 is 2.19 bits per heavy atom. The van der Waals surface area contributed by atoms with E-state index in [-0.39, 0.29) is 12.6 Å². The standard InChI is InChI=1S/C13H20ClNO/c1-9(2)10(3)15-13(8-16)11-4-6-12(14)7-5-11/h4-7,9-10,13,15-16H,8H2,1-3H3. The summed E-state index contributed by atoms with van der Waals surface area (Å²) in [4.78, 5) is 0. The molecule has 2 N–H and O–H groups in total. The summed E-state index contributed by atoms with van der Waals surface area (Å²) < 4.78 is 0. The molecule has 0 aliphatic carbocycles. The molecule has 90 valence electrons. The zero-order valence-corrected chi connectivity index (χ0v) is 10.8. The fraction of sp³-hybridized carbons (Fsp3) is 0.538. The smallest absolute Gasteiger partial charge is 0.0626 e. The van der Waals surface area contributed by atoms with Gasteiger partial charge >= 0.3 is 0 Å². The summed E-state index contributed by atoms with van der Waals surface area (Å²) in [5.74, 6) is 0.543. The van der Waals surface area contributed by atoms with Gasteiger partial charge in [-0.15, -0.1) is 0 Å². The van der Waals surface area contributed by atoms with Crippen LogP contribution in [0.2, 0.25) is 5.02 Å². The first-order valence-corrected chi connectivity index (χ1v) is 6.04. The van der Waals surface area contributed by atoms with Gasteiger partial charge in [-0.2, -0.15) is 0 Å². The average molecular weight is 242 g/mol. The van der Waals surface area contributed by atoms with E-state index in [1.807, 2.05) is 24.3 Å². The fourth-order valence-corrected chi connectivity index (χ4v) is 1.59. The lowest BCUT2D eigenvalue weighted by Crippen LogP contribution is -2.35. The number of hydrogen-bond donors (Lipinski definition) is 2. The predicted molar refractivity (Wildman–Crippen MR) is 68.7 cm³/mol. The molecule has 0 fully saturated rings. The molecule has 2 nitrogen and oxygen atoms in total. The first-order chi connectivity index (χ1) is 7.54. The van der Waals surface area contributed by atoms with Crippen molar-refractivity contribution < 1.29 is 5.11 Å². The van der Waals surface area contributed by atoms with Gasteiger partial charge in [0.25, 0.3) is 0 Å². The van der Waals surface area contributed by atoms with Crippen LogP contribution in [0.3, 0.4) is 0 Å². The minimum absolute atomic E-state index is 0.0188. The summed E-state index contributed by atoms with van der Waals surface area (Å²) in [5.41, 5.74) is 1.07. The molecule has 0 saturated carbocycles. The maximum atomic E-state index is 9.38. The van der Waals surface area contributed by atoms with Crippen molar-refractivity contribution in [1.29, 1.82) is 0 Å². The van der Waals surface area contributed by atoms with Crippen LogP contribution in [0.15, 0.2) is 24.3 Å². The number of halogens is 1. The molecular weight excluding hydrogens is 222 g/mol. The molecule has 16 heavy (non-hydrogen) atoms. The first-order valence-electron chi connectivity index (χ1n) is 5.67. The summed E-state index contributed by atoms with van der Waals surface area (Å²) in [6, 6.07) is 7.94. The van der Waals surface area contributed by atoms with Gasteiger partial charge in [-0.1, -0.05) is 37.6 Å². The highest BCUT2D eigenvalue weighted by molar-refractivity contribution is 6.30. The molecule has 0 aromatic heterocycles. The summed E-state index contributed by atoms with van der Waals surface area (Å²) in [6.07, 6.45) is 0. The molecule has 0 bridgehead atoms. The zero-order chi connectivity index (χ0) is 12.1. The third-order valence-electron chi connectivity index (χ3n) is 2.92. The Morgan fingerprint density at radius 1 is 1.19 bits per heavy atom. The van der Waals surface area contributed by atoms with Gasteiger partial charge < -0.3 is 10.4 Å². The number of aliphatic hydroxyl groups is 1. The van der Waals surface area contributed by atoms with E-state index in [4.69, 9.17) is 11.6 Å². The zero-order valence-electron chi connectivity index (χ0n) is 10.1. The Morgan fingerprint density at radius 2 is 1.75 bits per heavy atom. The van der Waals surface area contributed by atoms with Crippen molar-refractivity contribution in [1.82, 2.24) is 5.32 Å². The van der Waals surface area contributed by atoms with Crippen LogP contribution in [0.25, 0.3) is 0 Å². The quantitative estimate of drug-likeness (QED) is 0.831. The van der Waals surface area contributed by atoms with Gasteiger partial charge in [0.1, 0.15) is 0 Å². The van der Waals surface area contributed by atoms with Crippen LogP contribution < -0.4 is 5.32 Å². The molecule has 0 amide bonds. The largest absolute Gasteiger partial charge is 0.394 e. The van der Waals surface area contributed by atoms with Crippen LogP contribution in [-0.2, 0) is 0 Å². The molecular formula is C13H20ClNO. The van der Waals surface area contributed by atoms with E-state index in [1.165, 1.54) is 0 Å². The van der Waals surface area contributed by atoms with Gasteiger partial charge in [0.2, 0.25) is 0 Å². The first kappa shape index (κ1) is 13.5. The molecule has 1 rings (SSSR count). The second kappa shape index (κ2) is 6.24. The number of nitrogens with one attached hydrogen (secondary N) is 1. The molecule has 0 heterocycles. The highest BCUT2D eigenvalue weighted by Gasteiger charge is 2.15. The van der Waals surface area contributed by atoms with Crippen molar-refractivity contribution in [3.05, 3.63) is 34.9 Å². The Labute approximate surface area is 103 Å². The van der Waals surface area contributed by atoms with E-state index in [0.717, 1.165) is 10.6 Å². The molecule has 3 heteroatoms. The summed E-state index contributed by atoms with van der Waals surface area (Å²) >= 11 is 5.83. The van der Waals surface area contributed by atoms with Crippen LogP contribution in [0, 0.1) is 5.92 Å². The van der Waals surface area contributed by atoms with Gasteiger partial charge in [-0.25, -0.2) is 0 Å². The minimum atomic E-state index is -0.0188. The average Bonchev–Trinajstić information content (AvgIpc) is 2.26. The van der Waals surface area contributed by atoms with E-state index >= 15 is 0 Å². The third-order valence-corrected chi connectivity index (χ3v) is 3.17. The number of aliphatic hydroxyl groups excluding tert-OH is 1. The Kier molecular flexibility index (Phi) is 5.26. The molecule has 0 aliphatic rings. The summed E-state index contributed by atoms with van der Waals surface area (Å²) in [5, 5.41) is 13.5. The fourth-order valence-electron chi connectivity index (χ4n) is 1.46. The molecule has 0 aliphatic heterocycles. The Hall–Kier alpha value is -0.570. The van der Waals surface area contributed by atoms with Crippen LogP contribution in [0.4, 0.5) is 0 Å². The molecule has 0 radical (unpaired) electrons. The minimum Gasteiger partial charge on any atom is -0.394 e. The monoisotopic (exact) mass is 241 g/mol.